The van der Waals surface area contributed by atoms with Crippen LogP contribution in [0.25, 0.3) is 0 Å². The van der Waals surface area contributed by atoms with E-state index in [2.05, 4.69) is 5.32 Å². The predicted octanol–water partition coefficient (Wildman–Crippen LogP) is 2.73. The molecule has 0 aliphatic rings. The Balaban J connectivity index is 1.85. The molecule has 0 radical (unpaired) electrons. The summed E-state index contributed by atoms with van der Waals surface area (Å²) in [4.78, 5) is 23.7. The van der Waals surface area contributed by atoms with Gasteiger partial charge in [-0.1, -0.05) is 30.3 Å². The van der Waals surface area contributed by atoms with Gasteiger partial charge in [-0.05, 0) is 36.8 Å². The highest BCUT2D eigenvalue weighted by molar-refractivity contribution is 5.91. The van der Waals surface area contributed by atoms with Crippen molar-refractivity contribution >= 4 is 11.9 Å². The standard InChI is InChI=1S/C18H19NO4/c1-13(15-9-6-10-16(11-15)22-2)19-17(20)12-23-18(21)14-7-4-3-5-8-14/h3-11,13H,12H2,1-2H3,(H,19,20). The highest BCUT2D eigenvalue weighted by Gasteiger charge is 2.13. The third-order valence-corrected chi connectivity index (χ3v) is 3.32. The fourth-order valence-electron chi connectivity index (χ4n) is 2.07. The maximum atomic E-state index is 11.9. The Kier molecular flexibility index (Phi) is 5.74. The number of hydrogen-bond donors (Lipinski definition) is 1. The quantitative estimate of drug-likeness (QED) is 0.833. The minimum absolute atomic E-state index is 0.215. The van der Waals surface area contributed by atoms with Crippen LogP contribution >= 0.6 is 0 Å². The van der Waals surface area contributed by atoms with Crippen LogP contribution in [-0.4, -0.2) is 25.6 Å². The number of nitrogens with one attached hydrogen (secondary N) is 1. The molecule has 23 heavy (non-hydrogen) atoms. The van der Waals surface area contributed by atoms with Gasteiger partial charge in [-0.25, -0.2) is 4.79 Å². The number of hydrogen-bond acceptors (Lipinski definition) is 4. The van der Waals surface area contributed by atoms with Gasteiger partial charge in [0, 0.05) is 0 Å². The van der Waals surface area contributed by atoms with Crippen molar-refractivity contribution in [2.45, 2.75) is 13.0 Å². The van der Waals surface area contributed by atoms with E-state index in [0.717, 1.165) is 11.3 Å². The van der Waals surface area contributed by atoms with Crippen LogP contribution in [0.4, 0.5) is 0 Å². The largest absolute Gasteiger partial charge is 0.497 e. The summed E-state index contributed by atoms with van der Waals surface area (Å²) in [5.74, 6) is -0.154. The van der Waals surface area contributed by atoms with Crippen molar-refractivity contribution in [3.8, 4) is 5.75 Å². The molecule has 0 saturated heterocycles. The molecule has 5 heteroatoms. The van der Waals surface area contributed by atoms with Crippen LogP contribution in [0.3, 0.4) is 0 Å². The summed E-state index contributed by atoms with van der Waals surface area (Å²) >= 11 is 0. The Morgan fingerprint density at radius 2 is 1.83 bits per heavy atom. The second-order valence-corrected chi connectivity index (χ2v) is 5.01. The highest BCUT2D eigenvalue weighted by Crippen LogP contribution is 2.18. The predicted molar refractivity (Wildman–Crippen MR) is 86.3 cm³/mol. The second-order valence-electron chi connectivity index (χ2n) is 5.01. The molecule has 0 aliphatic carbocycles. The molecule has 0 aliphatic heterocycles. The molecule has 2 rings (SSSR count). The lowest BCUT2D eigenvalue weighted by Crippen LogP contribution is -2.31. The molecular formula is C18H19NO4. The van der Waals surface area contributed by atoms with Gasteiger partial charge in [0.15, 0.2) is 6.61 Å². The molecule has 120 valence electrons. The summed E-state index contributed by atoms with van der Waals surface area (Å²) in [6.07, 6.45) is 0. The van der Waals surface area contributed by atoms with Crippen molar-refractivity contribution < 1.29 is 19.1 Å². The minimum Gasteiger partial charge on any atom is -0.497 e. The number of ether oxygens (including phenoxy) is 2. The van der Waals surface area contributed by atoms with Crippen LogP contribution in [-0.2, 0) is 9.53 Å². The van der Waals surface area contributed by atoms with Crippen molar-refractivity contribution in [2.75, 3.05) is 13.7 Å². The third kappa shape index (κ3) is 4.85. The molecule has 2 aromatic rings. The SMILES string of the molecule is COc1cccc(C(C)NC(=O)COC(=O)c2ccccc2)c1. The Morgan fingerprint density at radius 3 is 2.52 bits per heavy atom. The smallest absolute Gasteiger partial charge is 0.338 e. The van der Waals surface area contributed by atoms with Gasteiger partial charge < -0.3 is 14.8 Å². The van der Waals surface area contributed by atoms with Gasteiger partial charge in [-0.2, -0.15) is 0 Å². The topological polar surface area (TPSA) is 64.6 Å². The Hall–Kier alpha value is -2.82. The van der Waals surface area contributed by atoms with Crippen LogP contribution < -0.4 is 10.1 Å². The van der Waals surface area contributed by atoms with Gasteiger partial charge in [-0.15, -0.1) is 0 Å². The number of benzene rings is 2. The summed E-state index contributed by atoms with van der Waals surface area (Å²) < 4.78 is 10.2. The molecule has 1 amide bonds. The highest BCUT2D eigenvalue weighted by atomic mass is 16.5. The van der Waals surface area contributed by atoms with Crippen molar-refractivity contribution in [1.82, 2.24) is 5.32 Å². The van der Waals surface area contributed by atoms with E-state index in [9.17, 15) is 9.59 Å². The lowest BCUT2D eigenvalue weighted by Gasteiger charge is -2.15. The Labute approximate surface area is 135 Å². The monoisotopic (exact) mass is 313 g/mol. The fraction of sp³-hybridized carbons (Fsp3) is 0.222. The Bertz CT molecular complexity index is 670. The summed E-state index contributed by atoms with van der Waals surface area (Å²) in [7, 11) is 1.59. The van der Waals surface area contributed by atoms with Crippen molar-refractivity contribution in [2.24, 2.45) is 0 Å². The van der Waals surface area contributed by atoms with E-state index in [4.69, 9.17) is 9.47 Å². The maximum Gasteiger partial charge on any atom is 0.338 e. The zero-order valence-electron chi connectivity index (χ0n) is 13.1. The average Bonchev–Trinajstić information content (AvgIpc) is 2.60. The molecular weight excluding hydrogens is 294 g/mol. The van der Waals surface area contributed by atoms with Crippen molar-refractivity contribution in [1.29, 1.82) is 0 Å². The normalized spacial score (nSPS) is 11.4. The number of amides is 1. The third-order valence-electron chi connectivity index (χ3n) is 3.32. The first-order valence-corrected chi connectivity index (χ1v) is 7.25. The van der Waals surface area contributed by atoms with Gasteiger partial charge in [0.25, 0.3) is 5.91 Å². The molecule has 2 aromatic carbocycles. The van der Waals surface area contributed by atoms with Crippen molar-refractivity contribution in [3.05, 3.63) is 65.7 Å². The lowest BCUT2D eigenvalue weighted by molar-refractivity contribution is -0.124. The lowest BCUT2D eigenvalue weighted by atomic mass is 10.1. The number of carbonyl (C=O) groups is 2. The number of carbonyl (C=O) groups excluding carboxylic acids is 2. The Morgan fingerprint density at radius 1 is 1.09 bits per heavy atom. The van der Waals surface area contributed by atoms with E-state index in [0.29, 0.717) is 5.56 Å². The molecule has 0 fully saturated rings. The van der Waals surface area contributed by atoms with E-state index in [-0.39, 0.29) is 18.6 Å². The molecule has 0 spiro atoms. The number of methoxy groups -OCH3 is 1. The molecule has 0 heterocycles. The first-order chi connectivity index (χ1) is 11.1. The van der Waals surface area contributed by atoms with E-state index in [1.807, 2.05) is 31.2 Å². The van der Waals surface area contributed by atoms with Gasteiger partial charge in [0.05, 0.1) is 18.7 Å². The molecule has 0 saturated carbocycles. The summed E-state index contributed by atoms with van der Waals surface area (Å²) in [5, 5.41) is 2.78. The van der Waals surface area contributed by atoms with Crippen LogP contribution in [0, 0.1) is 0 Å². The average molecular weight is 313 g/mol. The fourth-order valence-corrected chi connectivity index (χ4v) is 2.07. The first-order valence-electron chi connectivity index (χ1n) is 7.25. The van der Waals surface area contributed by atoms with Crippen LogP contribution in [0.1, 0.15) is 28.9 Å². The minimum atomic E-state index is -0.519. The number of rotatable bonds is 6. The maximum absolute atomic E-state index is 11.9. The molecule has 0 aromatic heterocycles. The van der Waals surface area contributed by atoms with Crippen LogP contribution in [0.5, 0.6) is 5.75 Å². The molecule has 1 N–H and O–H groups in total. The van der Waals surface area contributed by atoms with Crippen molar-refractivity contribution in [3.63, 3.8) is 0 Å². The molecule has 1 atom stereocenters. The summed E-state index contributed by atoms with van der Waals surface area (Å²) in [6.45, 7) is 1.54. The second kappa shape index (κ2) is 7.98. The van der Waals surface area contributed by atoms with Gasteiger partial charge in [-0.3, -0.25) is 4.79 Å². The summed E-state index contributed by atoms with van der Waals surface area (Å²) in [6, 6.07) is 15.8. The van der Waals surface area contributed by atoms with Crippen LogP contribution in [0.2, 0.25) is 0 Å². The van der Waals surface area contributed by atoms with Crippen LogP contribution in [0.15, 0.2) is 54.6 Å². The zero-order chi connectivity index (χ0) is 16.7. The van der Waals surface area contributed by atoms with E-state index < -0.39 is 5.97 Å². The van der Waals surface area contributed by atoms with Gasteiger partial charge in [0.2, 0.25) is 0 Å². The molecule has 5 nitrogen and oxygen atoms in total. The number of esters is 1. The summed E-state index contributed by atoms with van der Waals surface area (Å²) in [5.41, 5.74) is 1.33. The van der Waals surface area contributed by atoms with Gasteiger partial charge >= 0.3 is 5.97 Å². The van der Waals surface area contributed by atoms with E-state index in [1.165, 1.54) is 0 Å². The first kappa shape index (κ1) is 16.5. The van der Waals surface area contributed by atoms with Gasteiger partial charge in [0.1, 0.15) is 5.75 Å². The van der Waals surface area contributed by atoms with E-state index in [1.54, 1.807) is 37.4 Å². The molecule has 0 bridgehead atoms. The zero-order valence-corrected chi connectivity index (χ0v) is 13.1. The molecule has 1 unspecified atom stereocenters. The van der Waals surface area contributed by atoms with E-state index >= 15 is 0 Å².